The molecule has 0 bridgehead atoms. The molecule has 1 aromatic heterocycles. The van der Waals surface area contributed by atoms with Crippen LogP contribution in [-0.4, -0.2) is 24.9 Å². The highest BCUT2D eigenvalue weighted by Gasteiger charge is 2.11. The summed E-state index contributed by atoms with van der Waals surface area (Å²) in [5, 5.41) is 5.45. The third-order valence-electron chi connectivity index (χ3n) is 3.95. The molecule has 7 nitrogen and oxygen atoms in total. The Balaban J connectivity index is 1.62. The van der Waals surface area contributed by atoms with Crippen molar-refractivity contribution < 1.29 is 23.5 Å². The number of carbonyl (C=O) groups is 3. The lowest BCUT2D eigenvalue weighted by molar-refractivity contribution is 0.0600. The number of rotatable bonds is 6. The number of hydrogen-bond acceptors (Lipinski definition) is 5. The van der Waals surface area contributed by atoms with Crippen molar-refractivity contribution in [3.05, 3.63) is 89.4 Å². The molecule has 0 radical (unpaired) electrons. The maximum Gasteiger partial charge on any atom is 0.337 e. The van der Waals surface area contributed by atoms with Gasteiger partial charge >= 0.3 is 5.97 Å². The van der Waals surface area contributed by atoms with Crippen molar-refractivity contribution in [3.8, 4) is 0 Å². The smallest absolute Gasteiger partial charge is 0.337 e. The molecule has 0 spiro atoms. The van der Waals surface area contributed by atoms with Gasteiger partial charge in [0, 0.05) is 16.8 Å². The second kappa shape index (κ2) is 8.68. The summed E-state index contributed by atoms with van der Waals surface area (Å²) < 4.78 is 9.83. The van der Waals surface area contributed by atoms with Crippen LogP contribution in [0.4, 0.5) is 5.69 Å². The quantitative estimate of drug-likeness (QED) is 0.642. The summed E-state index contributed by atoms with van der Waals surface area (Å²) in [6, 6.07) is 16.2. The number of esters is 1. The minimum Gasteiger partial charge on any atom is -0.467 e. The van der Waals surface area contributed by atoms with Gasteiger partial charge in [0.2, 0.25) is 0 Å². The van der Waals surface area contributed by atoms with Gasteiger partial charge in [-0.1, -0.05) is 6.07 Å². The van der Waals surface area contributed by atoms with Crippen molar-refractivity contribution in [1.82, 2.24) is 5.32 Å². The fourth-order valence-corrected chi connectivity index (χ4v) is 2.50. The lowest BCUT2D eigenvalue weighted by Gasteiger charge is -2.08. The maximum atomic E-state index is 12.4. The van der Waals surface area contributed by atoms with Crippen LogP contribution in [0.5, 0.6) is 0 Å². The van der Waals surface area contributed by atoms with E-state index in [-0.39, 0.29) is 18.4 Å². The third-order valence-corrected chi connectivity index (χ3v) is 3.95. The first kappa shape index (κ1) is 18.9. The van der Waals surface area contributed by atoms with E-state index in [1.807, 2.05) is 0 Å². The van der Waals surface area contributed by atoms with Crippen LogP contribution in [0.1, 0.15) is 36.8 Å². The number of carbonyl (C=O) groups excluding carboxylic acids is 3. The average molecular weight is 378 g/mol. The van der Waals surface area contributed by atoms with Crippen molar-refractivity contribution in [2.45, 2.75) is 6.54 Å². The van der Waals surface area contributed by atoms with Crippen LogP contribution in [0, 0.1) is 0 Å². The molecule has 7 heteroatoms. The second-order valence-electron chi connectivity index (χ2n) is 5.87. The Bertz CT molecular complexity index is 978. The first-order valence-electron chi connectivity index (χ1n) is 8.47. The zero-order valence-electron chi connectivity index (χ0n) is 15.1. The van der Waals surface area contributed by atoms with Crippen LogP contribution < -0.4 is 10.6 Å². The SMILES string of the molecule is COC(=O)c1cccc(NC(=O)c2ccc(C(=O)NCc3ccco3)cc2)c1. The summed E-state index contributed by atoms with van der Waals surface area (Å²) in [4.78, 5) is 36.1. The summed E-state index contributed by atoms with van der Waals surface area (Å²) in [6.07, 6.45) is 1.54. The van der Waals surface area contributed by atoms with E-state index in [1.165, 1.54) is 19.4 Å². The predicted molar refractivity (Wildman–Crippen MR) is 102 cm³/mol. The van der Waals surface area contributed by atoms with Gasteiger partial charge in [0.1, 0.15) is 5.76 Å². The van der Waals surface area contributed by atoms with Gasteiger partial charge in [-0.3, -0.25) is 9.59 Å². The normalized spacial score (nSPS) is 10.2. The average Bonchev–Trinajstić information content (AvgIpc) is 3.25. The lowest BCUT2D eigenvalue weighted by atomic mass is 10.1. The summed E-state index contributed by atoms with van der Waals surface area (Å²) >= 11 is 0. The molecule has 28 heavy (non-hydrogen) atoms. The lowest BCUT2D eigenvalue weighted by Crippen LogP contribution is -2.22. The van der Waals surface area contributed by atoms with Crippen molar-refractivity contribution in [2.24, 2.45) is 0 Å². The Labute approximate surface area is 161 Å². The molecule has 0 aliphatic heterocycles. The number of anilines is 1. The molecule has 3 rings (SSSR count). The number of benzene rings is 2. The molecule has 0 saturated carbocycles. The van der Waals surface area contributed by atoms with E-state index in [0.717, 1.165) is 0 Å². The summed E-state index contributed by atoms with van der Waals surface area (Å²) in [6.45, 7) is 0.282. The summed E-state index contributed by atoms with van der Waals surface area (Å²) in [5.74, 6) is -0.460. The number of nitrogens with one attached hydrogen (secondary N) is 2. The molecule has 1 heterocycles. The molecule has 0 atom stereocenters. The van der Waals surface area contributed by atoms with E-state index in [9.17, 15) is 14.4 Å². The van der Waals surface area contributed by atoms with Gasteiger partial charge < -0.3 is 19.8 Å². The number of methoxy groups -OCH3 is 1. The van der Waals surface area contributed by atoms with Crippen molar-refractivity contribution in [3.63, 3.8) is 0 Å². The zero-order valence-corrected chi connectivity index (χ0v) is 15.1. The molecule has 142 valence electrons. The predicted octanol–water partition coefficient (Wildman–Crippen LogP) is 3.25. The molecule has 2 amide bonds. The monoisotopic (exact) mass is 378 g/mol. The molecular formula is C21H18N2O5. The first-order valence-corrected chi connectivity index (χ1v) is 8.47. The van der Waals surface area contributed by atoms with Crippen molar-refractivity contribution in [1.29, 1.82) is 0 Å². The molecule has 0 saturated heterocycles. The van der Waals surface area contributed by atoms with E-state index in [1.54, 1.807) is 54.6 Å². The Morgan fingerprint density at radius 1 is 0.893 bits per heavy atom. The second-order valence-corrected chi connectivity index (χ2v) is 5.87. The molecular weight excluding hydrogens is 360 g/mol. The molecule has 0 fully saturated rings. The van der Waals surface area contributed by atoms with E-state index >= 15 is 0 Å². The van der Waals surface area contributed by atoms with Crippen LogP contribution >= 0.6 is 0 Å². The summed E-state index contributed by atoms with van der Waals surface area (Å²) in [7, 11) is 1.29. The Kier molecular flexibility index (Phi) is 5.86. The Hall–Kier alpha value is -3.87. The van der Waals surface area contributed by atoms with Gasteiger partial charge in [-0.05, 0) is 54.6 Å². The van der Waals surface area contributed by atoms with Crippen LogP contribution in [0.15, 0.2) is 71.3 Å². The topological polar surface area (TPSA) is 97.6 Å². The minimum absolute atomic E-state index is 0.269. The highest BCUT2D eigenvalue weighted by atomic mass is 16.5. The standard InChI is InChI=1S/C21H18N2O5/c1-27-21(26)16-4-2-5-17(12-16)23-20(25)15-9-7-14(8-10-15)19(24)22-13-18-6-3-11-28-18/h2-12H,13H2,1H3,(H,22,24)(H,23,25). The summed E-state index contributed by atoms with van der Waals surface area (Å²) in [5.41, 5.74) is 1.61. The van der Waals surface area contributed by atoms with Crippen molar-refractivity contribution >= 4 is 23.5 Å². The van der Waals surface area contributed by atoms with Crippen LogP contribution in [-0.2, 0) is 11.3 Å². The molecule has 3 aromatic rings. The van der Waals surface area contributed by atoms with E-state index in [4.69, 9.17) is 4.42 Å². The zero-order chi connectivity index (χ0) is 19.9. The van der Waals surface area contributed by atoms with Crippen molar-refractivity contribution in [2.75, 3.05) is 12.4 Å². The largest absolute Gasteiger partial charge is 0.467 e. The van der Waals surface area contributed by atoms with Crippen LogP contribution in [0.3, 0.4) is 0 Å². The van der Waals surface area contributed by atoms with Crippen LogP contribution in [0.25, 0.3) is 0 Å². The number of amides is 2. The Morgan fingerprint density at radius 2 is 1.61 bits per heavy atom. The van der Waals surface area contributed by atoms with Gasteiger partial charge in [-0.15, -0.1) is 0 Å². The van der Waals surface area contributed by atoms with Gasteiger partial charge in [-0.25, -0.2) is 4.79 Å². The van der Waals surface area contributed by atoms with Gasteiger partial charge in [0.25, 0.3) is 11.8 Å². The fraction of sp³-hybridized carbons (Fsp3) is 0.0952. The van der Waals surface area contributed by atoms with Gasteiger partial charge in [0.05, 0.1) is 25.5 Å². The molecule has 0 aliphatic rings. The number of ether oxygens (including phenoxy) is 1. The first-order chi connectivity index (χ1) is 13.6. The highest BCUT2D eigenvalue weighted by molar-refractivity contribution is 6.05. The van der Waals surface area contributed by atoms with Gasteiger partial charge in [0.15, 0.2) is 0 Å². The maximum absolute atomic E-state index is 12.4. The molecule has 0 unspecified atom stereocenters. The molecule has 0 aliphatic carbocycles. The molecule has 2 aromatic carbocycles. The Morgan fingerprint density at radius 3 is 2.25 bits per heavy atom. The van der Waals surface area contributed by atoms with E-state index in [2.05, 4.69) is 15.4 Å². The minimum atomic E-state index is -0.485. The number of hydrogen-bond donors (Lipinski definition) is 2. The highest BCUT2D eigenvalue weighted by Crippen LogP contribution is 2.14. The fourth-order valence-electron chi connectivity index (χ4n) is 2.50. The number of furan rings is 1. The van der Waals surface area contributed by atoms with Crippen LogP contribution in [0.2, 0.25) is 0 Å². The van der Waals surface area contributed by atoms with E-state index < -0.39 is 5.97 Å². The third kappa shape index (κ3) is 4.64. The van der Waals surface area contributed by atoms with Gasteiger partial charge in [-0.2, -0.15) is 0 Å². The van der Waals surface area contributed by atoms with E-state index in [0.29, 0.717) is 28.1 Å². The molecule has 2 N–H and O–H groups in total.